The Bertz CT molecular complexity index is 139. The Labute approximate surface area is 66.5 Å². The summed E-state index contributed by atoms with van der Waals surface area (Å²) in [7, 11) is 0. The van der Waals surface area contributed by atoms with Crippen LogP contribution < -0.4 is 0 Å². The van der Waals surface area contributed by atoms with Crippen molar-refractivity contribution in [3.05, 3.63) is 24.5 Å². The maximum absolute atomic E-state index is 5.70. The van der Waals surface area contributed by atoms with Crippen molar-refractivity contribution in [3.8, 4) is 0 Å². The molecular weight excluding hydrogens is 238 g/mol. The van der Waals surface area contributed by atoms with Gasteiger partial charge in [-0.15, -0.1) is 0 Å². The summed E-state index contributed by atoms with van der Waals surface area (Å²) < 4.78 is 4.30. The summed E-state index contributed by atoms with van der Waals surface area (Å²) in [6.07, 6.45) is 6.98. The highest BCUT2D eigenvalue weighted by Gasteiger charge is 2.19. The summed E-state index contributed by atoms with van der Waals surface area (Å²) in [5, 5.41) is 0. The van der Waals surface area contributed by atoms with E-state index < -0.39 is 3.07 Å². The second-order valence-electron chi connectivity index (χ2n) is 1.37. The van der Waals surface area contributed by atoms with Crippen molar-refractivity contribution in [3.63, 3.8) is 0 Å². The molecule has 0 spiro atoms. The Balaban J connectivity index is 2.65. The van der Waals surface area contributed by atoms with Gasteiger partial charge in [0.1, 0.15) is 0 Å². The van der Waals surface area contributed by atoms with E-state index in [-0.39, 0.29) is 0 Å². The third-order valence-electron chi connectivity index (χ3n) is 0.705. The van der Waals surface area contributed by atoms with Gasteiger partial charge >= 0.3 is 0 Å². The number of hydrogen-bond donors (Lipinski definition) is 0. The van der Waals surface area contributed by atoms with E-state index in [2.05, 4.69) is 0 Å². The van der Waals surface area contributed by atoms with Gasteiger partial charge in [-0.3, -0.25) is 0 Å². The van der Waals surface area contributed by atoms with Crippen molar-refractivity contribution in [1.29, 1.82) is 0 Å². The van der Waals surface area contributed by atoms with E-state index >= 15 is 0 Å². The van der Waals surface area contributed by atoms with Gasteiger partial charge in [-0.1, -0.05) is 17.7 Å². The standard InChI is InChI=1S/C5H4ClIO/c6-5(7)3-1-2-4-8-5/h1-4H. The Kier molecular flexibility index (Phi) is 1.82. The van der Waals surface area contributed by atoms with Gasteiger partial charge < -0.3 is 4.74 Å². The molecule has 1 aliphatic rings. The molecule has 0 saturated heterocycles. The lowest BCUT2D eigenvalue weighted by Crippen LogP contribution is -2.10. The zero-order chi connectivity index (χ0) is 6.04. The fourth-order valence-electron chi connectivity index (χ4n) is 0.382. The molecule has 0 N–H and O–H groups in total. The van der Waals surface area contributed by atoms with Gasteiger partial charge in [0.05, 0.1) is 6.26 Å². The van der Waals surface area contributed by atoms with Gasteiger partial charge in [-0.2, -0.15) is 0 Å². The molecule has 44 valence electrons. The molecule has 0 aliphatic carbocycles. The first-order valence-electron chi connectivity index (χ1n) is 2.11. The summed E-state index contributed by atoms with van der Waals surface area (Å²) in [5.74, 6) is 0. The third-order valence-corrected chi connectivity index (χ3v) is 1.53. The number of allylic oxidation sites excluding steroid dienone is 2. The Morgan fingerprint density at radius 3 is 2.50 bits per heavy atom. The molecule has 0 saturated carbocycles. The lowest BCUT2D eigenvalue weighted by atomic mass is 10.4. The third kappa shape index (κ3) is 1.67. The topological polar surface area (TPSA) is 9.23 Å². The zero-order valence-corrected chi connectivity index (χ0v) is 6.89. The van der Waals surface area contributed by atoms with Crippen LogP contribution in [0.15, 0.2) is 24.5 Å². The van der Waals surface area contributed by atoms with Crippen LogP contribution in [0.25, 0.3) is 0 Å². The zero-order valence-electron chi connectivity index (χ0n) is 3.97. The maximum Gasteiger partial charge on any atom is 0.251 e. The molecule has 1 heterocycles. The Hall–Kier alpha value is 0.300. The number of hydrogen-bond acceptors (Lipinski definition) is 1. The van der Waals surface area contributed by atoms with E-state index in [4.69, 9.17) is 16.3 Å². The smallest absolute Gasteiger partial charge is 0.251 e. The molecule has 0 aromatic heterocycles. The minimum absolute atomic E-state index is 0.646. The molecule has 0 aromatic rings. The summed E-state index contributed by atoms with van der Waals surface area (Å²) in [6.45, 7) is 0. The summed E-state index contributed by atoms with van der Waals surface area (Å²) in [4.78, 5) is 0. The van der Waals surface area contributed by atoms with Crippen LogP contribution in [0.5, 0.6) is 0 Å². The summed E-state index contributed by atoms with van der Waals surface area (Å²) >= 11 is 7.69. The molecule has 1 rings (SSSR count). The highest BCUT2D eigenvalue weighted by molar-refractivity contribution is 14.1. The first kappa shape index (κ1) is 6.42. The molecule has 3 heteroatoms. The summed E-state index contributed by atoms with van der Waals surface area (Å²) in [6, 6.07) is 0. The van der Waals surface area contributed by atoms with Crippen LogP contribution in [0.1, 0.15) is 0 Å². The first-order chi connectivity index (χ1) is 3.71. The number of ether oxygens (including phenoxy) is 1. The highest BCUT2D eigenvalue weighted by atomic mass is 127. The van der Waals surface area contributed by atoms with Crippen LogP contribution in [-0.2, 0) is 4.74 Å². The molecule has 0 radical (unpaired) electrons. The fourth-order valence-corrected chi connectivity index (χ4v) is 0.861. The molecule has 1 atom stereocenters. The van der Waals surface area contributed by atoms with E-state index in [1.54, 1.807) is 18.4 Å². The minimum Gasteiger partial charge on any atom is -0.467 e. The van der Waals surface area contributed by atoms with Gasteiger partial charge in [-0.05, 0) is 34.7 Å². The van der Waals surface area contributed by atoms with Crippen molar-refractivity contribution in [2.75, 3.05) is 0 Å². The van der Waals surface area contributed by atoms with Gasteiger partial charge in [0.2, 0.25) is 0 Å². The van der Waals surface area contributed by atoms with Crippen LogP contribution in [-0.4, -0.2) is 3.07 Å². The Morgan fingerprint density at radius 1 is 1.50 bits per heavy atom. The van der Waals surface area contributed by atoms with Crippen LogP contribution >= 0.6 is 34.2 Å². The van der Waals surface area contributed by atoms with Crippen molar-refractivity contribution < 1.29 is 4.74 Å². The molecule has 0 aromatic carbocycles. The van der Waals surface area contributed by atoms with E-state index in [0.717, 1.165) is 0 Å². The predicted molar refractivity (Wildman–Crippen MR) is 42.0 cm³/mol. The maximum atomic E-state index is 5.70. The molecule has 0 fully saturated rings. The van der Waals surface area contributed by atoms with Crippen molar-refractivity contribution in [2.24, 2.45) is 0 Å². The van der Waals surface area contributed by atoms with Crippen LogP contribution in [0, 0.1) is 0 Å². The lowest BCUT2D eigenvalue weighted by molar-refractivity contribution is 0.238. The van der Waals surface area contributed by atoms with E-state index in [9.17, 15) is 0 Å². The molecule has 0 bridgehead atoms. The van der Waals surface area contributed by atoms with E-state index in [1.165, 1.54) is 0 Å². The average Bonchev–Trinajstić information content (AvgIpc) is 1.65. The first-order valence-corrected chi connectivity index (χ1v) is 3.56. The predicted octanol–water partition coefficient (Wildman–Crippen LogP) is 2.41. The van der Waals surface area contributed by atoms with Crippen LogP contribution in [0.2, 0.25) is 0 Å². The second kappa shape index (κ2) is 2.27. The highest BCUT2D eigenvalue weighted by Crippen LogP contribution is 2.29. The number of rotatable bonds is 0. The molecule has 1 aliphatic heterocycles. The van der Waals surface area contributed by atoms with Gasteiger partial charge in [-0.25, -0.2) is 0 Å². The molecule has 0 amide bonds. The molecular formula is C5H4ClIO. The average molecular weight is 242 g/mol. The van der Waals surface area contributed by atoms with Crippen molar-refractivity contribution in [2.45, 2.75) is 3.07 Å². The van der Waals surface area contributed by atoms with Gasteiger partial charge in [0.15, 0.2) is 0 Å². The van der Waals surface area contributed by atoms with Crippen LogP contribution in [0.4, 0.5) is 0 Å². The molecule has 1 unspecified atom stereocenters. The number of halogens is 2. The van der Waals surface area contributed by atoms with Gasteiger partial charge in [0.25, 0.3) is 3.07 Å². The normalized spacial score (nSPS) is 34.8. The quantitative estimate of drug-likeness (QED) is 0.468. The van der Waals surface area contributed by atoms with Crippen LogP contribution in [0.3, 0.4) is 0 Å². The minimum atomic E-state index is -0.646. The lowest BCUT2D eigenvalue weighted by Gasteiger charge is -2.16. The SMILES string of the molecule is ClC1(I)C=CC=CO1. The molecule has 1 nitrogen and oxygen atoms in total. The second-order valence-corrected chi connectivity index (χ2v) is 4.17. The fraction of sp³-hybridized carbons (Fsp3) is 0.200. The number of alkyl halides is 2. The van der Waals surface area contributed by atoms with Gasteiger partial charge in [0, 0.05) is 0 Å². The molecule has 8 heavy (non-hydrogen) atoms. The Morgan fingerprint density at radius 2 is 2.25 bits per heavy atom. The summed E-state index contributed by atoms with van der Waals surface area (Å²) in [5.41, 5.74) is 0. The largest absolute Gasteiger partial charge is 0.467 e. The van der Waals surface area contributed by atoms with E-state index in [1.807, 2.05) is 28.7 Å². The monoisotopic (exact) mass is 242 g/mol. The van der Waals surface area contributed by atoms with Crippen molar-refractivity contribution in [1.82, 2.24) is 0 Å². The van der Waals surface area contributed by atoms with Crippen molar-refractivity contribution >= 4 is 34.2 Å². The van der Waals surface area contributed by atoms with E-state index in [0.29, 0.717) is 0 Å².